The average Bonchev–Trinajstić information content (AvgIpc) is 1.57. The van der Waals surface area contributed by atoms with Crippen molar-refractivity contribution in [1.29, 1.82) is 47.4 Å². The van der Waals surface area contributed by atoms with E-state index in [0.29, 0.717) is 100 Å². The molecule has 0 saturated carbocycles. The van der Waals surface area contributed by atoms with E-state index >= 15 is 26.3 Å². The third kappa shape index (κ3) is 9.30. The lowest BCUT2D eigenvalue weighted by molar-refractivity contribution is -0.143. The van der Waals surface area contributed by atoms with Crippen molar-refractivity contribution >= 4 is 43.6 Å². The third-order valence-corrected chi connectivity index (χ3v) is 15.5. The second-order valence-electron chi connectivity index (χ2n) is 20.3. The van der Waals surface area contributed by atoms with E-state index in [-0.39, 0.29) is 73.1 Å². The molecule has 0 radical (unpaired) electrons. The molecule has 410 valence electrons. The van der Waals surface area contributed by atoms with Crippen LogP contribution in [0.1, 0.15) is 61.2 Å². The molecular formula is C71H29F6N11. The van der Waals surface area contributed by atoms with E-state index in [9.17, 15) is 47.4 Å². The van der Waals surface area contributed by atoms with E-state index in [1.807, 2.05) is 24.3 Å². The molecule has 0 aliphatic carbocycles. The highest BCUT2D eigenvalue weighted by molar-refractivity contribution is 6.14. The van der Waals surface area contributed by atoms with Gasteiger partial charge < -0.3 is 9.13 Å². The molecule has 12 aromatic rings. The summed E-state index contributed by atoms with van der Waals surface area (Å²) < 4.78 is 93.8. The zero-order chi connectivity index (χ0) is 61.9. The summed E-state index contributed by atoms with van der Waals surface area (Å²) in [6, 6.07) is 61.6. The van der Waals surface area contributed by atoms with Gasteiger partial charge in [-0.05, 0) is 177 Å². The van der Waals surface area contributed by atoms with Gasteiger partial charge in [-0.15, -0.1) is 0 Å². The Morgan fingerprint density at radius 2 is 0.545 bits per heavy atom. The van der Waals surface area contributed by atoms with Crippen molar-refractivity contribution in [3.8, 4) is 122 Å². The minimum absolute atomic E-state index is 0.0138. The summed E-state index contributed by atoms with van der Waals surface area (Å²) in [6.07, 6.45) is -10.6. The van der Waals surface area contributed by atoms with Gasteiger partial charge in [0.2, 0.25) is 0 Å². The molecule has 0 unspecified atom stereocenters. The van der Waals surface area contributed by atoms with Crippen LogP contribution in [0.15, 0.2) is 176 Å². The lowest BCUT2D eigenvalue weighted by Gasteiger charge is -2.21. The molecule has 0 bridgehead atoms. The van der Waals surface area contributed by atoms with Gasteiger partial charge in [-0.1, -0.05) is 48.5 Å². The SMILES string of the molecule is N#Cc1ccc(-c2ccc3c(c2)c2cc(-c4ccc(C#N)cc4C#N)ccc2n3-c2cc(-c3cc(C(F)(F)F)cc(C(F)(F)F)c3)c(-n3c4ccc(-c5ccc(C#N)cc5C#N)cc4c4cc(-c5ccc(C#N)cc5C#N)ccc43)cc2C#N)c(C#N)c1. The van der Waals surface area contributed by atoms with Gasteiger partial charge in [0.05, 0.1) is 143 Å². The molecule has 2 aromatic heterocycles. The van der Waals surface area contributed by atoms with Crippen LogP contribution in [0.4, 0.5) is 26.3 Å². The summed E-state index contributed by atoms with van der Waals surface area (Å²) in [5.41, 5.74) is 2.61. The Labute approximate surface area is 495 Å². The standard InChI is InChI=1S/C71H29F6N11/c72-70(73,74)53-21-47(22-54(28-53)71(75,76)77)59-29-68(87-64-13-5-43(55-9-1-39(30-78)17-48(55)34-82)23-60(64)61-24-44(6-14-65(61)87)56-10-2-40(31-79)18-49(56)35-83)52(38-86)27-69(59)88-66-15-7-45(57-11-3-41(32-80)19-50(57)36-84)25-62(66)63-26-46(8-16-67(63)88)58-12-4-42(33-81)20-51(58)37-85/h1-29H. The monoisotopic (exact) mass is 1150 g/mol. The molecule has 11 nitrogen and oxygen atoms in total. The lowest BCUT2D eigenvalue weighted by Crippen LogP contribution is -2.11. The lowest BCUT2D eigenvalue weighted by atomic mass is 9.95. The van der Waals surface area contributed by atoms with Crippen molar-refractivity contribution in [3.05, 3.63) is 237 Å². The predicted molar refractivity (Wildman–Crippen MR) is 315 cm³/mol. The molecule has 0 fully saturated rings. The topological polar surface area (TPSA) is 224 Å². The zero-order valence-electron chi connectivity index (χ0n) is 44.9. The molecule has 10 aromatic carbocycles. The number of fused-ring (bicyclic) bond motifs is 6. The highest BCUT2D eigenvalue weighted by Crippen LogP contribution is 2.47. The van der Waals surface area contributed by atoms with Crippen molar-refractivity contribution in [1.82, 2.24) is 9.13 Å². The molecule has 0 aliphatic heterocycles. The third-order valence-electron chi connectivity index (χ3n) is 15.5. The first-order valence-electron chi connectivity index (χ1n) is 26.3. The maximum absolute atomic E-state index is 15.1. The van der Waals surface area contributed by atoms with Crippen molar-refractivity contribution in [2.75, 3.05) is 0 Å². The van der Waals surface area contributed by atoms with E-state index in [4.69, 9.17) is 0 Å². The number of aromatic nitrogens is 2. The number of nitriles is 9. The first kappa shape index (κ1) is 55.3. The molecule has 0 aliphatic rings. The van der Waals surface area contributed by atoms with Crippen molar-refractivity contribution in [2.24, 2.45) is 0 Å². The second kappa shape index (κ2) is 21.2. The molecule has 17 heteroatoms. The zero-order valence-corrected chi connectivity index (χ0v) is 44.9. The van der Waals surface area contributed by atoms with Crippen LogP contribution in [0.5, 0.6) is 0 Å². The van der Waals surface area contributed by atoms with Crippen LogP contribution >= 0.6 is 0 Å². The van der Waals surface area contributed by atoms with Gasteiger partial charge in [0.1, 0.15) is 6.07 Å². The Hall–Kier alpha value is -13.2. The van der Waals surface area contributed by atoms with Crippen molar-refractivity contribution in [3.63, 3.8) is 0 Å². The fourth-order valence-corrected chi connectivity index (χ4v) is 11.4. The average molecular weight is 1150 g/mol. The number of halogens is 6. The summed E-state index contributed by atoms with van der Waals surface area (Å²) in [5, 5.41) is 93.2. The van der Waals surface area contributed by atoms with Crippen LogP contribution in [0.25, 0.3) is 111 Å². The van der Waals surface area contributed by atoms with Gasteiger partial charge >= 0.3 is 12.4 Å². The normalized spacial score (nSPS) is 11.2. The molecule has 0 atom stereocenters. The van der Waals surface area contributed by atoms with Crippen LogP contribution in [-0.2, 0) is 12.4 Å². The van der Waals surface area contributed by atoms with Crippen LogP contribution in [-0.4, -0.2) is 9.13 Å². The number of nitrogens with zero attached hydrogens (tertiary/aromatic N) is 11. The van der Waals surface area contributed by atoms with Gasteiger partial charge in [-0.3, -0.25) is 0 Å². The van der Waals surface area contributed by atoms with E-state index in [0.717, 1.165) is 0 Å². The van der Waals surface area contributed by atoms with Crippen LogP contribution in [0.2, 0.25) is 0 Å². The molecule has 12 rings (SSSR count). The highest BCUT2D eigenvalue weighted by atomic mass is 19.4. The van der Waals surface area contributed by atoms with Crippen LogP contribution in [0.3, 0.4) is 0 Å². The minimum Gasteiger partial charge on any atom is -0.309 e. The maximum atomic E-state index is 15.1. The number of benzene rings is 10. The number of rotatable bonds is 7. The molecular weight excluding hydrogens is 1120 g/mol. The second-order valence-corrected chi connectivity index (χ2v) is 20.3. The summed E-state index contributed by atoms with van der Waals surface area (Å²) in [4.78, 5) is 0. The highest BCUT2D eigenvalue weighted by Gasteiger charge is 2.38. The fraction of sp³-hybridized carbons (Fsp3) is 0.0282. The predicted octanol–water partition coefficient (Wildman–Crippen LogP) is 17.1. The first-order valence-corrected chi connectivity index (χ1v) is 26.3. The fourth-order valence-electron chi connectivity index (χ4n) is 11.4. The molecule has 2 heterocycles. The van der Waals surface area contributed by atoms with Gasteiger partial charge in [-0.2, -0.15) is 73.7 Å². The molecule has 0 spiro atoms. The van der Waals surface area contributed by atoms with E-state index in [1.54, 1.807) is 118 Å². The van der Waals surface area contributed by atoms with Crippen molar-refractivity contribution in [2.45, 2.75) is 12.4 Å². The van der Waals surface area contributed by atoms with Gasteiger partial charge in [-0.25, -0.2) is 0 Å². The Bertz CT molecular complexity index is 5200. The van der Waals surface area contributed by atoms with Gasteiger partial charge in [0.15, 0.2) is 0 Å². The summed E-state index contributed by atoms with van der Waals surface area (Å²) in [7, 11) is 0. The number of alkyl halides is 6. The Morgan fingerprint density at radius 3 is 0.818 bits per heavy atom. The van der Waals surface area contributed by atoms with Crippen LogP contribution < -0.4 is 0 Å². The minimum atomic E-state index is -5.30. The Morgan fingerprint density at radius 1 is 0.250 bits per heavy atom. The number of hydrogen-bond donors (Lipinski definition) is 0. The summed E-state index contributed by atoms with van der Waals surface area (Å²) in [5.74, 6) is 0. The van der Waals surface area contributed by atoms with Crippen LogP contribution in [0, 0.1) is 102 Å². The van der Waals surface area contributed by atoms with E-state index in [1.165, 1.54) is 48.5 Å². The largest absolute Gasteiger partial charge is 0.416 e. The van der Waals surface area contributed by atoms with Gasteiger partial charge in [0, 0.05) is 27.1 Å². The summed E-state index contributed by atoms with van der Waals surface area (Å²) in [6.45, 7) is 0. The smallest absolute Gasteiger partial charge is 0.309 e. The number of hydrogen-bond acceptors (Lipinski definition) is 9. The Balaban J connectivity index is 1.21. The van der Waals surface area contributed by atoms with E-state index < -0.39 is 29.0 Å². The van der Waals surface area contributed by atoms with Gasteiger partial charge in [0.25, 0.3) is 0 Å². The molecule has 0 N–H and O–H groups in total. The molecule has 0 saturated heterocycles. The first-order chi connectivity index (χ1) is 42.4. The van der Waals surface area contributed by atoms with Crippen molar-refractivity contribution < 1.29 is 26.3 Å². The Kier molecular flexibility index (Phi) is 13.3. The quantitative estimate of drug-likeness (QED) is 0.138. The van der Waals surface area contributed by atoms with E-state index in [2.05, 4.69) is 30.3 Å². The molecule has 88 heavy (non-hydrogen) atoms. The summed E-state index contributed by atoms with van der Waals surface area (Å²) >= 11 is 0. The maximum Gasteiger partial charge on any atom is 0.416 e. The molecule has 0 amide bonds.